The van der Waals surface area contributed by atoms with Gasteiger partial charge in [0.15, 0.2) is 11.5 Å². The van der Waals surface area contributed by atoms with Gasteiger partial charge in [-0.15, -0.1) is 0 Å². The molecule has 2 N–H and O–H groups in total. The Hall–Kier alpha value is -2.15. The summed E-state index contributed by atoms with van der Waals surface area (Å²) in [6.45, 7) is 5.01. The lowest BCUT2D eigenvalue weighted by atomic mass is 10.2. The van der Waals surface area contributed by atoms with Crippen LogP contribution in [0.4, 0.5) is 5.69 Å². The number of nitrogens with zero attached hydrogens (tertiary/aromatic N) is 1. The maximum absolute atomic E-state index is 11.0. The molecule has 1 saturated heterocycles. The van der Waals surface area contributed by atoms with Crippen LogP contribution in [0.1, 0.15) is 26.7 Å². The molecular weight excluding hydrogens is 324 g/mol. The Kier molecular flexibility index (Phi) is 11.2. The summed E-state index contributed by atoms with van der Waals surface area (Å²) in [6, 6.07) is 3.20. The number of benzene rings is 1. The molecule has 0 amide bonds. The monoisotopic (exact) mass is 356 g/mol. The molecule has 1 heterocycles. The van der Waals surface area contributed by atoms with E-state index in [1.165, 1.54) is 20.3 Å². The van der Waals surface area contributed by atoms with Crippen LogP contribution in [0.2, 0.25) is 0 Å². The molecule has 1 aliphatic rings. The summed E-state index contributed by atoms with van der Waals surface area (Å²) in [5.41, 5.74) is 0.609. The van der Waals surface area contributed by atoms with Crippen LogP contribution < -0.4 is 14.8 Å². The van der Waals surface area contributed by atoms with E-state index in [0.29, 0.717) is 17.2 Å². The molecule has 144 valence electrons. The predicted octanol–water partition coefficient (Wildman–Crippen LogP) is 2.73. The molecule has 0 bridgehead atoms. The van der Waals surface area contributed by atoms with Crippen molar-refractivity contribution in [2.75, 3.05) is 47.3 Å². The number of methoxy groups -OCH3 is 3. The van der Waals surface area contributed by atoms with E-state index in [1.807, 2.05) is 25.8 Å². The minimum atomic E-state index is -0.0972. The fourth-order valence-corrected chi connectivity index (χ4v) is 2.41. The molecule has 0 aliphatic carbocycles. The average Bonchev–Trinajstić information content (AvgIpc) is 3.08. The largest absolute Gasteiger partial charge is 0.506 e. The molecule has 25 heavy (non-hydrogen) atoms. The van der Waals surface area contributed by atoms with Gasteiger partial charge in [-0.3, -0.25) is 9.69 Å². The van der Waals surface area contributed by atoms with E-state index in [0.717, 1.165) is 19.4 Å². The average molecular weight is 356 g/mol. The number of rotatable bonds is 4. The van der Waals surface area contributed by atoms with Gasteiger partial charge in [0.25, 0.3) is 0 Å². The van der Waals surface area contributed by atoms with Crippen molar-refractivity contribution in [1.29, 1.82) is 0 Å². The second-order valence-electron chi connectivity index (χ2n) is 5.14. The summed E-state index contributed by atoms with van der Waals surface area (Å²) < 4.78 is 14.7. The molecule has 1 aliphatic heterocycles. The smallest absolute Gasteiger partial charge is 0.323 e. The van der Waals surface area contributed by atoms with Gasteiger partial charge in [-0.25, -0.2) is 0 Å². The SMILES string of the molecule is CC.CNc1cc(OC)c(OC)cc1O.COC(=O)C1CCCN1C. The van der Waals surface area contributed by atoms with Gasteiger partial charge >= 0.3 is 5.97 Å². The van der Waals surface area contributed by atoms with Gasteiger partial charge < -0.3 is 24.6 Å². The van der Waals surface area contributed by atoms with E-state index in [-0.39, 0.29) is 17.8 Å². The van der Waals surface area contributed by atoms with Crippen LogP contribution in [0, 0.1) is 0 Å². The standard InChI is InChI=1S/C9H13NO3.C7H13NO2.C2H6/c1-10-6-4-8(12-2)9(13-3)5-7(6)11;1-8-5-3-4-6(8)7(9)10-2;1-2/h4-5,10-11H,1-3H3;6H,3-5H2,1-2H3;1-2H3. The van der Waals surface area contributed by atoms with Crippen molar-refractivity contribution in [1.82, 2.24) is 4.90 Å². The lowest BCUT2D eigenvalue weighted by Crippen LogP contribution is -2.33. The van der Waals surface area contributed by atoms with E-state index in [2.05, 4.69) is 10.1 Å². The third-order valence-corrected chi connectivity index (χ3v) is 3.76. The van der Waals surface area contributed by atoms with E-state index in [9.17, 15) is 9.90 Å². The van der Waals surface area contributed by atoms with Crippen molar-refractivity contribution in [2.45, 2.75) is 32.7 Å². The number of phenols is 1. The van der Waals surface area contributed by atoms with Crippen LogP contribution in [0.5, 0.6) is 17.2 Å². The highest BCUT2D eigenvalue weighted by Crippen LogP contribution is 2.36. The van der Waals surface area contributed by atoms with Crippen molar-refractivity contribution in [3.63, 3.8) is 0 Å². The first-order valence-electron chi connectivity index (χ1n) is 8.39. The minimum Gasteiger partial charge on any atom is -0.506 e. The van der Waals surface area contributed by atoms with Gasteiger partial charge in [-0.1, -0.05) is 13.8 Å². The number of carbonyl (C=O) groups is 1. The Labute approximate surface area is 150 Å². The van der Waals surface area contributed by atoms with Crippen LogP contribution in [-0.4, -0.2) is 64.0 Å². The Morgan fingerprint density at radius 3 is 2.16 bits per heavy atom. The molecule has 1 atom stereocenters. The predicted molar refractivity (Wildman–Crippen MR) is 99.8 cm³/mol. The number of hydrogen-bond acceptors (Lipinski definition) is 7. The van der Waals surface area contributed by atoms with Crippen molar-refractivity contribution in [3.05, 3.63) is 12.1 Å². The number of ether oxygens (including phenoxy) is 3. The molecule has 0 radical (unpaired) electrons. The molecule has 0 saturated carbocycles. The number of esters is 1. The minimum absolute atomic E-state index is 0.0185. The zero-order valence-electron chi connectivity index (χ0n) is 16.4. The lowest BCUT2D eigenvalue weighted by molar-refractivity contribution is -0.145. The number of aromatic hydroxyl groups is 1. The van der Waals surface area contributed by atoms with Gasteiger partial charge in [0.05, 0.1) is 27.0 Å². The summed E-state index contributed by atoms with van der Waals surface area (Å²) in [6.07, 6.45) is 2.06. The van der Waals surface area contributed by atoms with Crippen LogP contribution in [0.3, 0.4) is 0 Å². The molecule has 0 aromatic heterocycles. The lowest BCUT2D eigenvalue weighted by Gasteiger charge is -2.15. The normalized spacial score (nSPS) is 15.9. The van der Waals surface area contributed by atoms with E-state index < -0.39 is 0 Å². The first kappa shape index (κ1) is 22.9. The summed E-state index contributed by atoms with van der Waals surface area (Å²) in [5, 5.41) is 12.3. The van der Waals surface area contributed by atoms with E-state index in [1.54, 1.807) is 20.2 Å². The number of anilines is 1. The zero-order chi connectivity index (χ0) is 19.4. The Bertz CT molecular complexity index is 522. The topological polar surface area (TPSA) is 80.3 Å². The molecule has 1 unspecified atom stereocenters. The maximum Gasteiger partial charge on any atom is 0.323 e. The Balaban J connectivity index is 0.000000430. The van der Waals surface area contributed by atoms with Gasteiger partial charge in [0.1, 0.15) is 11.8 Å². The summed E-state index contributed by atoms with van der Waals surface area (Å²) in [5.74, 6) is 1.14. The highest BCUT2D eigenvalue weighted by Gasteiger charge is 2.27. The van der Waals surface area contributed by atoms with Crippen molar-refractivity contribution >= 4 is 11.7 Å². The Morgan fingerprint density at radius 2 is 1.76 bits per heavy atom. The highest BCUT2D eigenvalue weighted by molar-refractivity contribution is 5.75. The summed E-state index contributed by atoms with van der Waals surface area (Å²) in [4.78, 5) is 13.0. The molecule has 7 heteroatoms. The number of likely N-dealkylation sites (tertiary alicyclic amines) is 1. The van der Waals surface area contributed by atoms with Gasteiger partial charge in [-0.2, -0.15) is 0 Å². The van der Waals surface area contributed by atoms with Crippen molar-refractivity contribution in [2.24, 2.45) is 0 Å². The summed E-state index contributed by atoms with van der Waals surface area (Å²) >= 11 is 0. The fraction of sp³-hybridized carbons (Fsp3) is 0.611. The molecule has 0 spiro atoms. The first-order chi connectivity index (χ1) is 12.0. The van der Waals surface area contributed by atoms with Crippen molar-refractivity contribution < 1.29 is 24.1 Å². The summed E-state index contributed by atoms with van der Waals surface area (Å²) in [7, 11) is 8.19. The molecular formula is C18H32N2O5. The molecule has 2 rings (SSSR count). The van der Waals surface area contributed by atoms with E-state index >= 15 is 0 Å². The number of likely N-dealkylation sites (N-methyl/N-ethyl adjacent to an activating group) is 1. The highest BCUT2D eigenvalue weighted by atomic mass is 16.5. The fourth-order valence-electron chi connectivity index (χ4n) is 2.41. The molecule has 1 aromatic carbocycles. The van der Waals surface area contributed by atoms with Crippen LogP contribution in [0.15, 0.2) is 12.1 Å². The van der Waals surface area contributed by atoms with E-state index in [4.69, 9.17) is 9.47 Å². The van der Waals surface area contributed by atoms with Crippen LogP contribution in [0.25, 0.3) is 0 Å². The number of phenolic OH excluding ortho intramolecular Hbond substituents is 1. The number of carbonyl (C=O) groups excluding carboxylic acids is 1. The van der Waals surface area contributed by atoms with Crippen LogP contribution >= 0.6 is 0 Å². The quantitative estimate of drug-likeness (QED) is 0.634. The second kappa shape index (κ2) is 12.2. The second-order valence-corrected chi connectivity index (χ2v) is 5.14. The third-order valence-electron chi connectivity index (χ3n) is 3.76. The van der Waals surface area contributed by atoms with Gasteiger partial charge in [0.2, 0.25) is 0 Å². The number of hydrogen-bond donors (Lipinski definition) is 2. The zero-order valence-corrected chi connectivity index (χ0v) is 16.4. The first-order valence-corrected chi connectivity index (χ1v) is 8.39. The molecule has 1 fully saturated rings. The third kappa shape index (κ3) is 6.70. The van der Waals surface area contributed by atoms with Gasteiger partial charge in [0, 0.05) is 19.2 Å². The van der Waals surface area contributed by atoms with Crippen LogP contribution in [-0.2, 0) is 9.53 Å². The number of nitrogens with one attached hydrogen (secondary N) is 1. The molecule has 1 aromatic rings. The Morgan fingerprint density at radius 1 is 1.20 bits per heavy atom. The van der Waals surface area contributed by atoms with Gasteiger partial charge in [-0.05, 0) is 26.4 Å². The maximum atomic E-state index is 11.0. The van der Waals surface area contributed by atoms with Crippen molar-refractivity contribution in [3.8, 4) is 17.2 Å². The molecule has 7 nitrogen and oxygen atoms in total.